The lowest BCUT2D eigenvalue weighted by Gasteiger charge is -2.19. The lowest BCUT2D eigenvalue weighted by molar-refractivity contribution is -0.115. The van der Waals surface area contributed by atoms with E-state index in [1.807, 2.05) is 13.8 Å². The molecule has 2 heterocycles. The first-order valence-electron chi connectivity index (χ1n) is 8.25. The molecule has 3 rings (SSSR count). The number of thiazole rings is 1. The predicted molar refractivity (Wildman–Crippen MR) is 107 cm³/mol. The number of hydrogen-bond acceptors (Lipinski definition) is 9. The molecule has 0 saturated heterocycles. The fourth-order valence-electron chi connectivity index (χ4n) is 2.49. The maximum Gasteiger partial charge on any atom is 0.339 e. The van der Waals surface area contributed by atoms with Crippen LogP contribution in [0.5, 0.6) is 0 Å². The van der Waals surface area contributed by atoms with Gasteiger partial charge in [0.1, 0.15) is 4.88 Å². The Morgan fingerprint density at radius 3 is 2.68 bits per heavy atom. The highest BCUT2D eigenvalue weighted by atomic mass is 32.2. The van der Waals surface area contributed by atoms with Gasteiger partial charge in [0.05, 0.1) is 34.8 Å². The highest BCUT2D eigenvalue weighted by molar-refractivity contribution is 7.99. The van der Waals surface area contributed by atoms with Crippen molar-refractivity contribution in [1.29, 1.82) is 0 Å². The van der Waals surface area contributed by atoms with E-state index >= 15 is 0 Å². The molecule has 0 saturated carbocycles. The van der Waals surface area contributed by atoms with E-state index in [4.69, 9.17) is 9.15 Å². The molecule has 1 amide bonds. The van der Waals surface area contributed by atoms with Gasteiger partial charge in [-0.3, -0.25) is 4.79 Å². The van der Waals surface area contributed by atoms with Crippen molar-refractivity contribution in [2.45, 2.75) is 19.1 Å². The molecular formula is C18H18N4O4S2. The molecule has 146 valence electrons. The van der Waals surface area contributed by atoms with Gasteiger partial charge in [-0.1, -0.05) is 23.9 Å². The minimum atomic E-state index is -0.500. The summed E-state index contributed by atoms with van der Waals surface area (Å²) in [6.45, 7) is 3.79. The normalized spacial score (nSPS) is 10.7. The molecule has 0 N–H and O–H groups in total. The quantitative estimate of drug-likeness (QED) is 0.444. The number of carbonyl (C=O) groups is 2. The second kappa shape index (κ2) is 8.53. The van der Waals surface area contributed by atoms with E-state index in [9.17, 15) is 9.59 Å². The Hall–Kier alpha value is -2.72. The molecule has 0 atom stereocenters. The zero-order valence-electron chi connectivity index (χ0n) is 15.8. The van der Waals surface area contributed by atoms with Crippen molar-refractivity contribution in [3.05, 3.63) is 40.5 Å². The zero-order chi connectivity index (χ0) is 20.3. The number of carbonyl (C=O) groups excluding carboxylic acids is 2. The number of esters is 1. The van der Waals surface area contributed by atoms with Crippen molar-refractivity contribution < 1.29 is 18.7 Å². The van der Waals surface area contributed by atoms with Crippen LogP contribution in [-0.4, -0.2) is 47.0 Å². The average molecular weight is 419 g/mol. The van der Waals surface area contributed by atoms with Gasteiger partial charge in [-0.2, -0.15) is 0 Å². The third-order valence-electron chi connectivity index (χ3n) is 3.87. The lowest BCUT2D eigenvalue weighted by Crippen LogP contribution is -2.29. The summed E-state index contributed by atoms with van der Waals surface area (Å²) in [5.74, 6) is -0.248. The first-order valence-corrected chi connectivity index (χ1v) is 10.1. The number of amides is 1. The Kier molecular flexibility index (Phi) is 6.10. The molecule has 0 aliphatic rings. The van der Waals surface area contributed by atoms with Crippen molar-refractivity contribution in [3.63, 3.8) is 0 Å². The largest absolute Gasteiger partial charge is 0.465 e. The number of para-hydroxylation sites is 1. The molecular weight excluding hydrogens is 400 g/mol. The number of nitrogens with zero attached hydrogens (tertiary/aromatic N) is 4. The Balaban J connectivity index is 1.68. The van der Waals surface area contributed by atoms with Crippen molar-refractivity contribution in [3.8, 4) is 10.8 Å². The van der Waals surface area contributed by atoms with Crippen LogP contribution in [-0.2, 0) is 9.53 Å². The number of aryl methyl sites for hydroxylation is 2. The zero-order valence-corrected chi connectivity index (χ0v) is 17.4. The predicted octanol–water partition coefficient (Wildman–Crippen LogP) is 3.35. The van der Waals surface area contributed by atoms with Crippen LogP contribution in [0.15, 0.2) is 33.9 Å². The van der Waals surface area contributed by atoms with Gasteiger partial charge in [0.25, 0.3) is 11.1 Å². The van der Waals surface area contributed by atoms with E-state index in [1.54, 1.807) is 31.3 Å². The second-order valence-electron chi connectivity index (χ2n) is 5.77. The van der Waals surface area contributed by atoms with Gasteiger partial charge in [0, 0.05) is 7.05 Å². The van der Waals surface area contributed by atoms with Gasteiger partial charge in [0.15, 0.2) is 0 Å². The molecule has 10 heteroatoms. The molecule has 2 aromatic heterocycles. The second-order valence-corrected chi connectivity index (χ2v) is 7.90. The summed E-state index contributed by atoms with van der Waals surface area (Å²) in [4.78, 5) is 31.1. The molecule has 0 fully saturated rings. The van der Waals surface area contributed by atoms with Crippen molar-refractivity contribution in [2.24, 2.45) is 0 Å². The minimum Gasteiger partial charge on any atom is -0.465 e. The van der Waals surface area contributed by atoms with Gasteiger partial charge < -0.3 is 14.1 Å². The Labute approximate surface area is 169 Å². The molecule has 0 spiro atoms. The molecule has 1 aromatic carbocycles. The smallest absolute Gasteiger partial charge is 0.339 e. The monoisotopic (exact) mass is 418 g/mol. The molecule has 0 aliphatic carbocycles. The number of thioether (sulfide) groups is 1. The van der Waals surface area contributed by atoms with Crippen LogP contribution < -0.4 is 4.90 Å². The number of aromatic nitrogens is 3. The van der Waals surface area contributed by atoms with Crippen molar-refractivity contribution in [1.82, 2.24) is 15.2 Å². The highest BCUT2D eigenvalue weighted by Crippen LogP contribution is 2.30. The van der Waals surface area contributed by atoms with E-state index in [2.05, 4.69) is 15.2 Å². The summed E-state index contributed by atoms with van der Waals surface area (Å²) in [6.07, 6.45) is 0. The van der Waals surface area contributed by atoms with E-state index in [1.165, 1.54) is 23.3 Å². The van der Waals surface area contributed by atoms with Crippen LogP contribution in [0.2, 0.25) is 0 Å². The minimum absolute atomic E-state index is 0.0777. The van der Waals surface area contributed by atoms with Gasteiger partial charge in [-0.15, -0.1) is 21.5 Å². The van der Waals surface area contributed by atoms with Gasteiger partial charge in [-0.05, 0) is 26.0 Å². The van der Waals surface area contributed by atoms with E-state index in [-0.39, 0.29) is 11.7 Å². The topological polar surface area (TPSA) is 98.4 Å². The first kappa shape index (κ1) is 20.0. The molecule has 8 nitrogen and oxygen atoms in total. The SMILES string of the molecule is COC(=O)c1ccccc1N(C)C(=O)CSc1nnc(-c2sc(C)nc2C)o1. The number of anilines is 1. The fourth-order valence-corrected chi connectivity index (χ4v) is 4.01. The van der Waals surface area contributed by atoms with Gasteiger partial charge in [-0.25, -0.2) is 9.78 Å². The fraction of sp³-hybridized carbons (Fsp3) is 0.278. The Morgan fingerprint density at radius 1 is 1.25 bits per heavy atom. The van der Waals surface area contributed by atoms with Crippen LogP contribution >= 0.6 is 23.1 Å². The summed E-state index contributed by atoms with van der Waals surface area (Å²) in [6, 6.07) is 6.77. The summed E-state index contributed by atoms with van der Waals surface area (Å²) >= 11 is 2.61. The first-order chi connectivity index (χ1) is 13.4. The Bertz CT molecular complexity index is 1010. The molecule has 0 aliphatic heterocycles. The molecule has 0 radical (unpaired) electrons. The molecule has 0 bridgehead atoms. The van der Waals surface area contributed by atoms with Crippen LogP contribution in [0.4, 0.5) is 5.69 Å². The maximum absolute atomic E-state index is 12.6. The third kappa shape index (κ3) is 4.23. The number of hydrogen-bond donors (Lipinski definition) is 0. The van der Waals surface area contributed by atoms with E-state index < -0.39 is 5.97 Å². The summed E-state index contributed by atoms with van der Waals surface area (Å²) in [7, 11) is 2.91. The van der Waals surface area contributed by atoms with Crippen molar-refractivity contribution in [2.75, 3.05) is 24.8 Å². The number of ether oxygens (including phenoxy) is 1. The summed E-state index contributed by atoms with van der Waals surface area (Å²) in [5, 5.41) is 9.24. The van der Waals surface area contributed by atoms with Crippen molar-refractivity contribution >= 4 is 40.7 Å². The highest BCUT2D eigenvalue weighted by Gasteiger charge is 2.20. The van der Waals surface area contributed by atoms with E-state index in [0.29, 0.717) is 22.4 Å². The Morgan fingerprint density at radius 2 is 2.00 bits per heavy atom. The van der Waals surface area contributed by atoms with Crippen LogP contribution in [0.3, 0.4) is 0 Å². The van der Waals surface area contributed by atoms with Crippen LogP contribution in [0.25, 0.3) is 10.8 Å². The number of rotatable bonds is 6. The molecule has 3 aromatic rings. The molecule has 28 heavy (non-hydrogen) atoms. The molecule has 0 unspecified atom stereocenters. The summed E-state index contributed by atoms with van der Waals surface area (Å²) in [5.41, 5.74) is 1.63. The third-order valence-corrected chi connectivity index (χ3v) is 5.73. The van der Waals surface area contributed by atoms with Gasteiger partial charge in [0.2, 0.25) is 5.91 Å². The van der Waals surface area contributed by atoms with Crippen LogP contribution in [0, 0.1) is 13.8 Å². The number of benzene rings is 1. The standard InChI is InChI=1S/C18H18N4O4S2/c1-10-15(28-11(2)19-10)16-20-21-18(26-16)27-9-14(23)22(3)13-8-6-5-7-12(13)17(24)25-4/h5-8H,9H2,1-4H3. The average Bonchev–Trinajstić information content (AvgIpc) is 3.30. The summed E-state index contributed by atoms with van der Waals surface area (Å²) < 4.78 is 10.4. The lowest BCUT2D eigenvalue weighted by atomic mass is 10.1. The van der Waals surface area contributed by atoms with E-state index in [0.717, 1.165) is 27.3 Å². The maximum atomic E-state index is 12.6. The van der Waals surface area contributed by atoms with Crippen LogP contribution in [0.1, 0.15) is 21.1 Å². The van der Waals surface area contributed by atoms with Gasteiger partial charge >= 0.3 is 5.97 Å². The number of methoxy groups -OCH3 is 1.